The Balaban J connectivity index is 1.84. The molecule has 1 aliphatic rings. The third-order valence-corrected chi connectivity index (χ3v) is 6.10. The zero-order valence-corrected chi connectivity index (χ0v) is 16.3. The van der Waals surface area contributed by atoms with E-state index in [1.54, 1.807) is 18.3 Å². The number of benzene rings is 1. The number of amides is 1. The van der Waals surface area contributed by atoms with Crippen molar-refractivity contribution in [3.63, 3.8) is 0 Å². The van der Waals surface area contributed by atoms with Crippen LogP contribution in [0.5, 0.6) is 0 Å². The number of nitrogens with zero attached hydrogens (tertiary/aromatic N) is 2. The fraction of sp³-hybridized carbons (Fsp3) is 0.263. The average molecular weight is 420 g/mol. The van der Waals surface area contributed by atoms with Gasteiger partial charge in [0.15, 0.2) is 11.6 Å². The average Bonchev–Trinajstić information content (AvgIpc) is 3.40. The summed E-state index contributed by atoms with van der Waals surface area (Å²) in [7, 11) is -3.84. The number of halogens is 2. The number of pyridine rings is 1. The molecule has 0 spiro atoms. The minimum Gasteiger partial charge on any atom is -0.346 e. The van der Waals surface area contributed by atoms with Crippen LogP contribution in [0, 0.1) is 11.6 Å². The van der Waals surface area contributed by atoms with Crippen LogP contribution in [0.4, 0.5) is 20.3 Å². The lowest BCUT2D eigenvalue weighted by Gasteiger charge is -2.17. The summed E-state index contributed by atoms with van der Waals surface area (Å²) in [5.74, 6) is -2.00. The third-order valence-electron chi connectivity index (χ3n) is 4.82. The van der Waals surface area contributed by atoms with Gasteiger partial charge in [-0.1, -0.05) is 0 Å². The van der Waals surface area contributed by atoms with Crippen molar-refractivity contribution in [3.05, 3.63) is 42.1 Å². The molecule has 2 N–H and O–H groups in total. The van der Waals surface area contributed by atoms with Gasteiger partial charge in [-0.2, -0.15) is 0 Å². The Labute approximate surface area is 165 Å². The van der Waals surface area contributed by atoms with E-state index in [1.807, 2.05) is 4.72 Å². The molecule has 29 heavy (non-hydrogen) atoms. The van der Waals surface area contributed by atoms with E-state index in [2.05, 4.69) is 9.97 Å². The molecule has 2 heterocycles. The lowest BCUT2D eigenvalue weighted by Crippen LogP contribution is -2.24. The third kappa shape index (κ3) is 3.67. The molecule has 152 valence electrons. The van der Waals surface area contributed by atoms with Gasteiger partial charge < -0.3 is 4.98 Å². The number of carbonyl (C=O) groups excluding carboxylic acids is 1. The van der Waals surface area contributed by atoms with Crippen LogP contribution in [0.15, 0.2) is 30.5 Å². The van der Waals surface area contributed by atoms with Gasteiger partial charge >= 0.3 is 0 Å². The minimum absolute atomic E-state index is 0.0690. The molecule has 7 nitrogen and oxygen atoms in total. The van der Waals surface area contributed by atoms with Crippen LogP contribution >= 0.6 is 0 Å². The number of carbonyl (C=O) groups is 1. The maximum Gasteiger partial charge on any atom is 0.232 e. The molecular weight excluding hydrogens is 402 g/mol. The van der Waals surface area contributed by atoms with Crippen molar-refractivity contribution in [1.29, 1.82) is 0 Å². The Morgan fingerprint density at radius 3 is 2.55 bits per heavy atom. The highest BCUT2D eigenvalue weighted by molar-refractivity contribution is 7.92. The van der Waals surface area contributed by atoms with Crippen LogP contribution < -0.4 is 9.62 Å². The summed E-state index contributed by atoms with van der Waals surface area (Å²) >= 11 is 0. The molecule has 0 unspecified atom stereocenters. The second-order valence-electron chi connectivity index (χ2n) is 6.83. The summed E-state index contributed by atoms with van der Waals surface area (Å²) in [6.45, 7) is 1.37. The summed E-state index contributed by atoms with van der Waals surface area (Å²) < 4.78 is 54.5. The number of anilines is 2. The number of hydrogen-bond acceptors (Lipinski definition) is 4. The van der Waals surface area contributed by atoms with E-state index in [0.29, 0.717) is 28.8 Å². The quantitative estimate of drug-likeness (QED) is 0.573. The van der Waals surface area contributed by atoms with Gasteiger partial charge in [0, 0.05) is 17.6 Å². The Hall–Kier alpha value is -3.01. The molecule has 0 aliphatic heterocycles. The van der Waals surface area contributed by atoms with Crippen molar-refractivity contribution in [1.82, 2.24) is 9.97 Å². The Morgan fingerprint density at radius 1 is 1.28 bits per heavy atom. The molecule has 10 heteroatoms. The molecule has 0 saturated heterocycles. The van der Waals surface area contributed by atoms with Crippen molar-refractivity contribution in [2.24, 2.45) is 0 Å². The first kappa shape index (κ1) is 19.3. The number of sulfonamides is 1. The normalized spacial score (nSPS) is 14.2. The summed E-state index contributed by atoms with van der Waals surface area (Å²) in [4.78, 5) is 20.4. The maximum absolute atomic E-state index is 14.6. The maximum atomic E-state index is 14.6. The lowest BCUT2D eigenvalue weighted by molar-refractivity contribution is -0.107. The first-order chi connectivity index (χ1) is 13.8. The zero-order valence-electron chi connectivity index (χ0n) is 15.4. The molecule has 0 atom stereocenters. The molecular formula is C19H18F2N4O3S. The number of aromatic amines is 1. The van der Waals surface area contributed by atoms with Gasteiger partial charge in [-0.25, -0.2) is 22.2 Å². The fourth-order valence-corrected chi connectivity index (χ4v) is 3.78. The van der Waals surface area contributed by atoms with Gasteiger partial charge in [0.05, 0.1) is 5.75 Å². The molecule has 2 aromatic heterocycles. The number of H-pyrrole nitrogens is 1. The number of aromatic nitrogens is 2. The molecule has 1 amide bonds. The number of hydrogen-bond donors (Lipinski definition) is 2. The summed E-state index contributed by atoms with van der Waals surface area (Å²) in [6.07, 6.45) is 4.08. The minimum atomic E-state index is -3.84. The SMILES string of the molecule is CCS(=O)(=O)Nc1c(F)cc(-c2cc(N(C=O)C3CC3)nc3[nH]ccc23)cc1F. The van der Waals surface area contributed by atoms with E-state index in [0.717, 1.165) is 25.0 Å². The predicted molar refractivity (Wildman–Crippen MR) is 106 cm³/mol. The zero-order chi connectivity index (χ0) is 20.8. The largest absolute Gasteiger partial charge is 0.346 e. The van der Waals surface area contributed by atoms with Crippen molar-refractivity contribution < 1.29 is 22.0 Å². The monoisotopic (exact) mass is 420 g/mol. The molecule has 1 aromatic carbocycles. The molecule has 1 saturated carbocycles. The van der Waals surface area contributed by atoms with Gasteiger partial charge in [0.2, 0.25) is 16.4 Å². The summed E-state index contributed by atoms with van der Waals surface area (Å²) in [5.41, 5.74) is 0.431. The highest BCUT2D eigenvalue weighted by Gasteiger charge is 2.30. The van der Waals surface area contributed by atoms with Gasteiger partial charge in [0.25, 0.3) is 0 Å². The van der Waals surface area contributed by atoms with E-state index in [4.69, 9.17) is 0 Å². The van der Waals surface area contributed by atoms with E-state index in [9.17, 15) is 22.0 Å². The number of fused-ring (bicyclic) bond motifs is 1. The smallest absolute Gasteiger partial charge is 0.232 e. The first-order valence-electron chi connectivity index (χ1n) is 9.04. The van der Waals surface area contributed by atoms with E-state index in [1.165, 1.54) is 11.8 Å². The topological polar surface area (TPSA) is 95.2 Å². The second-order valence-corrected chi connectivity index (χ2v) is 8.84. The van der Waals surface area contributed by atoms with Crippen LogP contribution in [0.3, 0.4) is 0 Å². The van der Waals surface area contributed by atoms with Crippen LogP contribution in [0.2, 0.25) is 0 Å². The highest BCUT2D eigenvalue weighted by Crippen LogP contribution is 2.36. The number of nitrogens with one attached hydrogen (secondary N) is 2. The van der Waals surface area contributed by atoms with Gasteiger partial charge in [-0.3, -0.25) is 14.4 Å². The van der Waals surface area contributed by atoms with Gasteiger partial charge in [0.1, 0.15) is 17.2 Å². The second kappa shape index (κ2) is 7.11. The highest BCUT2D eigenvalue weighted by atomic mass is 32.2. The van der Waals surface area contributed by atoms with Crippen molar-refractivity contribution in [2.45, 2.75) is 25.8 Å². The van der Waals surface area contributed by atoms with Crippen molar-refractivity contribution in [2.75, 3.05) is 15.4 Å². The van der Waals surface area contributed by atoms with Crippen molar-refractivity contribution >= 4 is 39.0 Å². The molecule has 3 aromatic rings. The van der Waals surface area contributed by atoms with E-state index < -0.39 is 27.3 Å². The lowest BCUT2D eigenvalue weighted by atomic mass is 10.0. The Morgan fingerprint density at radius 2 is 1.97 bits per heavy atom. The number of rotatable bonds is 7. The first-order valence-corrected chi connectivity index (χ1v) is 10.7. The van der Waals surface area contributed by atoms with Crippen LogP contribution in [-0.4, -0.2) is 36.6 Å². The Kier molecular flexibility index (Phi) is 4.73. The molecule has 1 fully saturated rings. The van der Waals surface area contributed by atoms with E-state index >= 15 is 0 Å². The van der Waals surface area contributed by atoms with Gasteiger partial charge in [-0.05, 0) is 55.2 Å². The van der Waals surface area contributed by atoms with Crippen LogP contribution in [0.1, 0.15) is 19.8 Å². The molecule has 0 bridgehead atoms. The fourth-order valence-electron chi connectivity index (χ4n) is 3.13. The van der Waals surface area contributed by atoms with Crippen molar-refractivity contribution in [3.8, 4) is 11.1 Å². The molecule has 0 radical (unpaired) electrons. The summed E-state index contributed by atoms with van der Waals surface area (Å²) in [6, 6.07) is 5.51. The Bertz CT molecular complexity index is 1180. The van der Waals surface area contributed by atoms with Crippen LogP contribution in [-0.2, 0) is 14.8 Å². The molecule has 4 rings (SSSR count). The summed E-state index contributed by atoms with van der Waals surface area (Å²) in [5, 5.41) is 0.621. The van der Waals surface area contributed by atoms with Crippen LogP contribution in [0.25, 0.3) is 22.2 Å². The molecule has 1 aliphatic carbocycles. The van der Waals surface area contributed by atoms with Gasteiger partial charge in [-0.15, -0.1) is 0 Å². The predicted octanol–water partition coefficient (Wildman–Crippen LogP) is 3.39. The van der Waals surface area contributed by atoms with E-state index in [-0.39, 0.29) is 17.4 Å². The standard InChI is InChI=1S/C19H18F2N4O3S/c1-2-29(27,28)24-18-15(20)7-11(8-16(18)21)14-9-17(25(10-26)12-3-4-12)23-19-13(14)5-6-22-19/h5-10,12,24H,2-4H2,1H3,(H,22,23).